The fourth-order valence-electron chi connectivity index (χ4n) is 1.61. The number of hydrogen-bond donors (Lipinski definition) is 1. The highest BCUT2D eigenvalue weighted by atomic mass is 16.6. The molecule has 0 saturated heterocycles. The second-order valence-corrected chi connectivity index (χ2v) is 3.97. The minimum atomic E-state index is -0.712. The van der Waals surface area contributed by atoms with E-state index in [0.29, 0.717) is 0 Å². The van der Waals surface area contributed by atoms with E-state index in [4.69, 9.17) is 0 Å². The predicted molar refractivity (Wildman–Crippen MR) is 68.7 cm³/mol. The summed E-state index contributed by atoms with van der Waals surface area (Å²) in [6.45, 7) is -0.309. The number of carbonyl (C=O) groups excluding carboxylic acids is 1. The molecule has 20 heavy (non-hydrogen) atoms. The second-order valence-electron chi connectivity index (χ2n) is 3.97. The summed E-state index contributed by atoms with van der Waals surface area (Å²) in [5, 5.41) is 10.6. The van der Waals surface area contributed by atoms with Crippen molar-refractivity contribution in [2.45, 2.75) is 6.54 Å². The number of Topliss-reactive ketones (excluding diaryl/α,β-unsaturated/α-hetero) is 1. The molecule has 1 aromatic heterocycles. The van der Waals surface area contributed by atoms with Gasteiger partial charge < -0.3 is 0 Å². The van der Waals surface area contributed by atoms with Crippen LogP contribution in [0, 0.1) is 10.1 Å². The molecule has 1 N–H and O–H groups in total. The Bertz CT molecular complexity index is 790. The number of rotatable bonds is 4. The van der Waals surface area contributed by atoms with E-state index in [1.165, 1.54) is 24.4 Å². The topological polar surface area (TPSA) is 115 Å². The average molecular weight is 275 g/mol. The first kappa shape index (κ1) is 13.4. The van der Waals surface area contributed by atoms with E-state index in [1.807, 2.05) is 4.98 Å². The third-order valence-corrected chi connectivity index (χ3v) is 2.59. The normalized spacial score (nSPS) is 10.2. The van der Waals surface area contributed by atoms with Crippen LogP contribution in [-0.2, 0) is 6.54 Å². The molecule has 0 saturated carbocycles. The molecule has 0 bridgehead atoms. The van der Waals surface area contributed by atoms with Gasteiger partial charge in [-0.3, -0.25) is 29.3 Å². The Morgan fingerprint density at radius 3 is 2.70 bits per heavy atom. The van der Waals surface area contributed by atoms with E-state index in [2.05, 4.69) is 0 Å². The minimum absolute atomic E-state index is 0.123. The van der Waals surface area contributed by atoms with Gasteiger partial charge in [-0.25, -0.2) is 4.79 Å². The molecule has 8 nitrogen and oxygen atoms in total. The van der Waals surface area contributed by atoms with Crippen LogP contribution in [0.25, 0.3) is 0 Å². The first-order chi connectivity index (χ1) is 9.47. The number of ketones is 1. The summed E-state index contributed by atoms with van der Waals surface area (Å²) < 4.78 is 1.02. The van der Waals surface area contributed by atoms with Gasteiger partial charge in [0.05, 0.1) is 11.5 Å². The zero-order chi connectivity index (χ0) is 14.7. The van der Waals surface area contributed by atoms with Crippen LogP contribution in [0.2, 0.25) is 0 Å². The Labute approximate surface area is 111 Å². The number of non-ortho nitro benzene ring substituents is 1. The predicted octanol–water partition coefficient (Wildman–Crippen LogP) is 0.328. The first-order valence-electron chi connectivity index (χ1n) is 5.55. The number of hydrogen-bond acceptors (Lipinski definition) is 5. The molecule has 2 rings (SSSR count). The number of aromatic nitrogens is 2. The van der Waals surface area contributed by atoms with Gasteiger partial charge in [-0.1, -0.05) is 12.1 Å². The van der Waals surface area contributed by atoms with Gasteiger partial charge >= 0.3 is 5.69 Å². The summed E-state index contributed by atoms with van der Waals surface area (Å²) in [4.78, 5) is 46.3. The lowest BCUT2D eigenvalue weighted by atomic mass is 10.1. The van der Waals surface area contributed by atoms with Crippen molar-refractivity contribution < 1.29 is 9.72 Å². The fourth-order valence-corrected chi connectivity index (χ4v) is 1.61. The highest BCUT2D eigenvalue weighted by Gasteiger charge is 2.12. The summed E-state index contributed by atoms with van der Waals surface area (Å²) in [5.41, 5.74) is -1.35. The standard InChI is InChI=1S/C12H9N3O5/c16-10(7-14-5-4-11(17)13-12(14)18)8-2-1-3-9(6-8)15(19)20/h1-6H,7H2,(H,13,17,18). The average Bonchev–Trinajstić information content (AvgIpc) is 2.42. The maximum Gasteiger partial charge on any atom is 0.328 e. The highest BCUT2D eigenvalue weighted by Crippen LogP contribution is 2.13. The van der Waals surface area contributed by atoms with Crippen molar-refractivity contribution in [3.05, 3.63) is 73.0 Å². The van der Waals surface area contributed by atoms with Crippen molar-refractivity contribution in [3.63, 3.8) is 0 Å². The molecular weight excluding hydrogens is 266 g/mol. The smallest absolute Gasteiger partial charge is 0.293 e. The molecule has 0 radical (unpaired) electrons. The maximum absolute atomic E-state index is 12.0. The Kier molecular flexibility index (Phi) is 3.56. The lowest BCUT2D eigenvalue weighted by Gasteiger charge is -2.03. The summed E-state index contributed by atoms with van der Waals surface area (Å²) >= 11 is 0. The van der Waals surface area contributed by atoms with Gasteiger partial charge in [-0.2, -0.15) is 0 Å². The Morgan fingerprint density at radius 2 is 2.05 bits per heavy atom. The number of nitrogens with zero attached hydrogens (tertiary/aromatic N) is 2. The molecule has 0 amide bonds. The fraction of sp³-hybridized carbons (Fsp3) is 0.0833. The van der Waals surface area contributed by atoms with Crippen LogP contribution >= 0.6 is 0 Å². The number of benzene rings is 1. The van der Waals surface area contributed by atoms with Crippen molar-refractivity contribution in [2.24, 2.45) is 0 Å². The van der Waals surface area contributed by atoms with E-state index in [1.54, 1.807) is 0 Å². The molecule has 0 aliphatic rings. The molecule has 0 spiro atoms. The largest absolute Gasteiger partial charge is 0.328 e. The van der Waals surface area contributed by atoms with Crippen LogP contribution in [0.15, 0.2) is 46.1 Å². The Morgan fingerprint density at radius 1 is 1.30 bits per heavy atom. The lowest BCUT2D eigenvalue weighted by Crippen LogP contribution is -2.30. The van der Waals surface area contributed by atoms with Crippen LogP contribution in [0.3, 0.4) is 0 Å². The minimum Gasteiger partial charge on any atom is -0.293 e. The highest BCUT2D eigenvalue weighted by molar-refractivity contribution is 5.96. The molecule has 0 aliphatic heterocycles. The van der Waals surface area contributed by atoms with Gasteiger partial charge in [-0.15, -0.1) is 0 Å². The quantitative estimate of drug-likeness (QED) is 0.490. The van der Waals surface area contributed by atoms with Crippen LogP contribution < -0.4 is 11.2 Å². The number of carbonyl (C=O) groups is 1. The summed E-state index contributed by atoms with van der Waals surface area (Å²) in [6, 6.07) is 6.33. The van der Waals surface area contributed by atoms with Gasteiger partial charge in [0.1, 0.15) is 0 Å². The number of nitro benzene ring substituents is 1. The molecule has 102 valence electrons. The van der Waals surface area contributed by atoms with Gasteiger partial charge in [0.25, 0.3) is 11.2 Å². The van der Waals surface area contributed by atoms with Gasteiger partial charge in [0.15, 0.2) is 5.78 Å². The second kappa shape index (κ2) is 5.31. The third kappa shape index (κ3) is 2.86. The Balaban J connectivity index is 2.28. The van der Waals surface area contributed by atoms with Crippen molar-refractivity contribution in [1.29, 1.82) is 0 Å². The lowest BCUT2D eigenvalue weighted by molar-refractivity contribution is -0.384. The van der Waals surface area contributed by atoms with E-state index >= 15 is 0 Å². The van der Waals surface area contributed by atoms with Gasteiger partial charge in [0, 0.05) is 30.0 Å². The van der Waals surface area contributed by atoms with Crippen molar-refractivity contribution in [3.8, 4) is 0 Å². The summed E-state index contributed by atoms with van der Waals surface area (Å²) in [5.74, 6) is -0.470. The monoisotopic (exact) mass is 275 g/mol. The molecule has 1 heterocycles. The van der Waals surface area contributed by atoms with Crippen molar-refractivity contribution in [2.75, 3.05) is 0 Å². The zero-order valence-electron chi connectivity index (χ0n) is 10.1. The van der Waals surface area contributed by atoms with Crippen molar-refractivity contribution >= 4 is 11.5 Å². The van der Waals surface area contributed by atoms with Crippen LogP contribution in [0.5, 0.6) is 0 Å². The zero-order valence-corrected chi connectivity index (χ0v) is 10.1. The maximum atomic E-state index is 12.0. The van der Waals surface area contributed by atoms with Crippen LogP contribution in [-0.4, -0.2) is 20.3 Å². The van der Waals surface area contributed by atoms with Crippen LogP contribution in [0.1, 0.15) is 10.4 Å². The van der Waals surface area contributed by atoms with Crippen molar-refractivity contribution in [1.82, 2.24) is 9.55 Å². The first-order valence-corrected chi connectivity index (χ1v) is 5.55. The van der Waals surface area contributed by atoms with Crippen LogP contribution in [0.4, 0.5) is 5.69 Å². The molecule has 0 aliphatic carbocycles. The number of H-pyrrole nitrogens is 1. The van der Waals surface area contributed by atoms with E-state index in [-0.39, 0.29) is 17.8 Å². The number of nitro groups is 1. The Hall–Kier alpha value is -3.03. The van der Waals surface area contributed by atoms with E-state index in [9.17, 15) is 24.5 Å². The van der Waals surface area contributed by atoms with E-state index in [0.717, 1.165) is 16.7 Å². The molecule has 2 aromatic rings. The van der Waals surface area contributed by atoms with Gasteiger partial charge in [0.2, 0.25) is 0 Å². The molecule has 8 heteroatoms. The molecule has 0 unspecified atom stereocenters. The van der Waals surface area contributed by atoms with Gasteiger partial charge in [-0.05, 0) is 0 Å². The summed E-state index contributed by atoms with van der Waals surface area (Å²) in [6.07, 6.45) is 1.19. The molecule has 1 aromatic carbocycles. The number of aromatic amines is 1. The molecule has 0 atom stereocenters. The molecular formula is C12H9N3O5. The SMILES string of the molecule is O=C(Cn1ccc(=O)[nH]c1=O)c1cccc([N+](=O)[O-])c1. The van der Waals surface area contributed by atoms with E-state index < -0.39 is 22.0 Å². The third-order valence-electron chi connectivity index (χ3n) is 2.59. The molecule has 0 fully saturated rings. The summed E-state index contributed by atoms with van der Waals surface area (Å²) in [7, 11) is 0. The number of nitrogens with one attached hydrogen (secondary N) is 1.